The lowest BCUT2D eigenvalue weighted by Gasteiger charge is -2.24. The second kappa shape index (κ2) is 6.98. The fourth-order valence-corrected chi connectivity index (χ4v) is 4.13. The summed E-state index contributed by atoms with van der Waals surface area (Å²) in [6.07, 6.45) is 1.57. The van der Waals surface area contributed by atoms with Gasteiger partial charge in [-0.3, -0.25) is 0 Å². The molecule has 0 radical (unpaired) electrons. The highest BCUT2D eigenvalue weighted by molar-refractivity contribution is 9.10. The number of rotatable bonds is 6. The lowest BCUT2D eigenvalue weighted by molar-refractivity contribution is 0.366. The maximum Gasteiger partial charge on any atom is 0.246 e. The average Bonchev–Trinajstić information content (AvgIpc) is 2.40. The maximum absolute atomic E-state index is 14.3. The Morgan fingerprint density at radius 1 is 1.45 bits per heavy atom. The third kappa shape index (κ3) is 3.58. The summed E-state index contributed by atoms with van der Waals surface area (Å²) in [4.78, 5) is -0.335. The minimum Gasteiger partial charge on any atom is -0.326 e. The van der Waals surface area contributed by atoms with E-state index in [4.69, 9.17) is 5.73 Å². The number of hydrogen-bond donors (Lipinski definition) is 1. The molecule has 4 nitrogen and oxygen atoms in total. The number of nitrogens with two attached hydrogens (primary N) is 1. The molecule has 114 valence electrons. The van der Waals surface area contributed by atoms with E-state index >= 15 is 0 Å². The van der Waals surface area contributed by atoms with E-state index in [1.807, 2.05) is 6.92 Å². The molecule has 20 heavy (non-hydrogen) atoms. The molecule has 1 unspecified atom stereocenters. The first-order valence-electron chi connectivity index (χ1n) is 6.41. The van der Waals surface area contributed by atoms with Gasteiger partial charge in [-0.1, -0.05) is 29.3 Å². The first-order chi connectivity index (χ1) is 9.25. The Kier molecular flexibility index (Phi) is 6.12. The fraction of sp³-hybridized carbons (Fsp3) is 0.538. The molecule has 0 bridgehead atoms. The van der Waals surface area contributed by atoms with Crippen LogP contribution in [0.3, 0.4) is 0 Å². The molecule has 1 atom stereocenters. The van der Waals surface area contributed by atoms with Crippen LogP contribution in [0.1, 0.15) is 32.3 Å². The zero-order chi connectivity index (χ0) is 15.5. The van der Waals surface area contributed by atoms with E-state index in [2.05, 4.69) is 15.9 Å². The van der Waals surface area contributed by atoms with Crippen molar-refractivity contribution < 1.29 is 12.8 Å². The van der Waals surface area contributed by atoms with Crippen molar-refractivity contribution in [2.24, 2.45) is 5.73 Å². The lowest BCUT2D eigenvalue weighted by atomic mass is 10.2. The summed E-state index contributed by atoms with van der Waals surface area (Å²) < 4.78 is 41.0. The van der Waals surface area contributed by atoms with Crippen LogP contribution in [0.25, 0.3) is 0 Å². The SMILES string of the molecule is CCCC(C)N(C)S(=O)(=O)c1cc(Br)cc(CN)c1F. The molecule has 0 aliphatic rings. The second-order valence-electron chi connectivity index (χ2n) is 4.74. The van der Waals surface area contributed by atoms with Gasteiger partial charge < -0.3 is 5.73 Å². The van der Waals surface area contributed by atoms with Crippen LogP contribution in [0.5, 0.6) is 0 Å². The molecule has 7 heteroatoms. The van der Waals surface area contributed by atoms with Crippen molar-refractivity contribution in [2.45, 2.75) is 44.2 Å². The van der Waals surface area contributed by atoms with E-state index in [9.17, 15) is 12.8 Å². The molecule has 0 fully saturated rings. The van der Waals surface area contributed by atoms with Gasteiger partial charge >= 0.3 is 0 Å². The minimum absolute atomic E-state index is 0.0536. The van der Waals surface area contributed by atoms with Crippen LogP contribution >= 0.6 is 15.9 Å². The van der Waals surface area contributed by atoms with E-state index in [1.54, 1.807) is 6.92 Å². The van der Waals surface area contributed by atoms with Crippen LogP contribution in [0.15, 0.2) is 21.5 Å². The molecule has 0 saturated carbocycles. The first kappa shape index (κ1) is 17.6. The summed E-state index contributed by atoms with van der Waals surface area (Å²) in [5.74, 6) is -0.772. The summed E-state index contributed by atoms with van der Waals surface area (Å²) in [5, 5.41) is 0. The third-order valence-electron chi connectivity index (χ3n) is 3.28. The second-order valence-corrected chi connectivity index (χ2v) is 7.62. The highest BCUT2D eigenvalue weighted by Gasteiger charge is 2.29. The zero-order valence-electron chi connectivity index (χ0n) is 11.9. The number of sulfonamides is 1. The van der Waals surface area contributed by atoms with Crippen LogP contribution in [0.4, 0.5) is 4.39 Å². The van der Waals surface area contributed by atoms with Gasteiger partial charge in [0.25, 0.3) is 0 Å². The quantitative estimate of drug-likeness (QED) is 0.841. The predicted molar refractivity (Wildman–Crippen MR) is 81.3 cm³/mol. The summed E-state index contributed by atoms with van der Waals surface area (Å²) >= 11 is 3.19. The van der Waals surface area contributed by atoms with Crippen molar-refractivity contribution >= 4 is 26.0 Å². The topological polar surface area (TPSA) is 63.4 Å². The number of benzene rings is 1. The van der Waals surface area contributed by atoms with Gasteiger partial charge in [0.1, 0.15) is 10.7 Å². The Morgan fingerprint density at radius 2 is 2.05 bits per heavy atom. The summed E-state index contributed by atoms with van der Waals surface area (Å²) in [7, 11) is -2.40. The van der Waals surface area contributed by atoms with E-state index in [0.717, 1.165) is 12.8 Å². The summed E-state index contributed by atoms with van der Waals surface area (Å²) in [6, 6.07) is 2.58. The van der Waals surface area contributed by atoms with Crippen molar-refractivity contribution in [3.05, 3.63) is 28.0 Å². The number of nitrogens with zero attached hydrogens (tertiary/aromatic N) is 1. The standard InChI is InChI=1S/C13H20BrFN2O2S/c1-4-5-9(2)17(3)20(18,19)12-7-11(14)6-10(8-16)13(12)15/h6-7,9H,4-5,8,16H2,1-3H3. The average molecular weight is 367 g/mol. The Bertz CT molecular complexity index is 578. The molecule has 0 saturated heterocycles. The molecule has 0 aliphatic carbocycles. The van der Waals surface area contributed by atoms with Crippen LogP contribution in [0.2, 0.25) is 0 Å². The van der Waals surface area contributed by atoms with Crippen molar-refractivity contribution in [1.82, 2.24) is 4.31 Å². The van der Waals surface area contributed by atoms with E-state index in [0.29, 0.717) is 4.47 Å². The van der Waals surface area contributed by atoms with Crippen molar-refractivity contribution in [2.75, 3.05) is 7.05 Å². The van der Waals surface area contributed by atoms with Gasteiger partial charge in [0.05, 0.1) is 0 Å². The van der Waals surface area contributed by atoms with Crippen LogP contribution < -0.4 is 5.73 Å². The Morgan fingerprint density at radius 3 is 2.55 bits per heavy atom. The minimum atomic E-state index is -3.87. The first-order valence-corrected chi connectivity index (χ1v) is 8.65. The Labute approximate surface area is 128 Å². The van der Waals surface area contributed by atoms with E-state index < -0.39 is 15.8 Å². The van der Waals surface area contributed by atoms with Gasteiger partial charge in [-0.05, 0) is 25.5 Å². The largest absolute Gasteiger partial charge is 0.326 e. The van der Waals surface area contributed by atoms with Crippen molar-refractivity contribution in [3.63, 3.8) is 0 Å². The molecule has 2 N–H and O–H groups in total. The van der Waals surface area contributed by atoms with Gasteiger partial charge in [0.15, 0.2) is 0 Å². The predicted octanol–water partition coefficient (Wildman–Crippen LogP) is 2.86. The van der Waals surface area contributed by atoms with Gasteiger partial charge in [0.2, 0.25) is 10.0 Å². The van der Waals surface area contributed by atoms with Crippen LogP contribution in [-0.2, 0) is 16.6 Å². The fourth-order valence-electron chi connectivity index (χ4n) is 1.95. The molecule has 0 amide bonds. The molecular formula is C13H20BrFN2O2S. The van der Waals surface area contributed by atoms with Gasteiger partial charge in [-0.2, -0.15) is 4.31 Å². The number of halogens is 2. The normalized spacial score (nSPS) is 13.8. The highest BCUT2D eigenvalue weighted by Crippen LogP contribution is 2.27. The molecule has 0 heterocycles. The molecule has 0 aliphatic heterocycles. The van der Waals surface area contributed by atoms with Crippen molar-refractivity contribution in [1.29, 1.82) is 0 Å². The molecule has 0 spiro atoms. The summed E-state index contributed by atoms with van der Waals surface area (Å²) in [6.45, 7) is 3.73. The molecule has 0 aromatic heterocycles. The van der Waals surface area contributed by atoms with Gasteiger partial charge in [-0.15, -0.1) is 0 Å². The zero-order valence-corrected chi connectivity index (χ0v) is 14.3. The Hall–Kier alpha value is -0.500. The molecule has 1 aromatic rings. The van der Waals surface area contributed by atoms with Gasteiger partial charge in [-0.25, -0.2) is 12.8 Å². The summed E-state index contributed by atoms with van der Waals surface area (Å²) in [5.41, 5.74) is 5.62. The molecule has 1 aromatic carbocycles. The third-order valence-corrected chi connectivity index (χ3v) is 5.71. The smallest absolute Gasteiger partial charge is 0.246 e. The van der Waals surface area contributed by atoms with E-state index in [1.165, 1.54) is 23.5 Å². The highest BCUT2D eigenvalue weighted by atomic mass is 79.9. The monoisotopic (exact) mass is 366 g/mol. The number of hydrogen-bond acceptors (Lipinski definition) is 3. The maximum atomic E-state index is 14.3. The molecule has 1 rings (SSSR count). The lowest BCUT2D eigenvalue weighted by Crippen LogP contribution is -2.35. The van der Waals surface area contributed by atoms with Crippen LogP contribution in [-0.4, -0.2) is 25.8 Å². The van der Waals surface area contributed by atoms with Crippen LogP contribution in [0, 0.1) is 5.82 Å². The van der Waals surface area contributed by atoms with Crippen molar-refractivity contribution in [3.8, 4) is 0 Å². The van der Waals surface area contributed by atoms with E-state index in [-0.39, 0.29) is 23.0 Å². The molecular weight excluding hydrogens is 347 g/mol. The van der Waals surface area contributed by atoms with Gasteiger partial charge in [0, 0.05) is 29.7 Å². The Balaban J connectivity index is 3.32.